The standard InChI is InChI=1S/C12H10N6OS2/c19-10(13-2-1-9-14-6-15-17-9)8-5-7-11(21-8)16-12-18(7)3-4-20-12/h3-6H,1-2H2,(H,13,19)(H,14,15,17). The van der Waals surface area contributed by atoms with E-state index in [1.165, 1.54) is 17.7 Å². The van der Waals surface area contributed by atoms with E-state index in [1.54, 1.807) is 11.3 Å². The van der Waals surface area contributed by atoms with E-state index in [9.17, 15) is 4.79 Å². The first-order valence-corrected chi connectivity index (χ1v) is 7.98. The second-order valence-corrected chi connectivity index (χ2v) is 6.31. The molecule has 1 amide bonds. The highest BCUT2D eigenvalue weighted by molar-refractivity contribution is 7.21. The minimum Gasteiger partial charge on any atom is -0.351 e. The molecule has 0 bridgehead atoms. The molecule has 4 rings (SSSR count). The third-order valence-corrected chi connectivity index (χ3v) is 4.85. The van der Waals surface area contributed by atoms with E-state index >= 15 is 0 Å². The highest BCUT2D eigenvalue weighted by Gasteiger charge is 2.14. The van der Waals surface area contributed by atoms with Crippen molar-refractivity contribution in [2.75, 3.05) is 6.54 Å². The number of aromatic nitrogens is 5. The maximum absolute atomic E-state index is 12.1. The fourth-order valence-electron chi connectivity index (χ4n) is 2.09. The number of thiophene rings is 1. The summed E-state index contributed by atoms with van der Waals surface area (Å²) >= 11 is 3.00. The van der Waals surface area contributed by atoms with Crippen LogP contribution < -0.4 is 5.32 Å². The molecule has 0 unspecified atom stereocenters. The maximum Gasteiger partial charge on any atom is 0.261 e. The van der Waals surface area contributed by atoms with Crippen LogP contribution in [0.4, 0.5) is 0 Å². The van der Waals surface area contributed by atoms with Crippen molar-refractivity contribution in [1.29, 1.82) is 0 Å². The average molecular weight is 318 g/mol. The molecule has 106 valence electrons. The maximum atomic E-state index is 12.1. The predicted octanol–water partition coefficient (Wildman–Crippen LogP) is 1.70. The summed E-state index contributed by atoms with van der Waals surface area (Å²) in [6, 6.07) is 1.89. The van der Waals surface area contributed by atoms with Crippen molar-refractivity contribution >= 4 is 43.9 Å². The van der Waals surface area contributed by atoms with Crippen molar-refractivity contribution < 1.29 is 4.79 Å². The van der Waals surface area contributed by atoms with Crippen molar-refractivity contribution in [2.24, 2.45) is 0 Å². The first-order chi connectivity index (χ1) is 10.3. The van der Waals surface area contributed by atoms with Crippen LogP contribution in [0.3, 0.4) is 0 Å². The van der Waals surface area contributed by atoms with Gasteiger partial charge in [0.25, 0.3) is 5.91 Å². The Labute approximate surface area is 126 Å². The molecule has 7 nitrogen and oxygen atoms in total. The van der Waals surface area contributed by atoms with Gasteiger partial charge in [-0.2, -0.15) is 5.10 Å². The Kier molecular flexibility index (Phi) is 2.93. The van der Waals surface area contributed by atoms with Gasteiger partial charge >= 0.3 is 0 Å². The number of nitrogens with zero attached hydrogens (tertiary/aromatic N) is 4. The van der Waals surface area contributed by atoms with Crippen LogP contribution in [0.25, 0.3) is 15.3 Å². The zero-order valence-corrected chi connectivity index (χ0v) is 12.4. The van der Waals surface area contributed by atoms with Gasteiger partial charge in [-0.05, 0) is 6.07 Å². The minimum atomic E-state index is -0.0819. The fraction of sp³-hybridized carbons (Fsp3) is 0.167. The van der Waals surface area contributed by atoms with Gasteiger partial charge in [0.2, 0.25) is 0 Å². The summed E-state index contributed by atoms with van der Waals surface area (Å²) in [7, 11) is 0. The summed E-state index contributed by atoms with van der Waals surface area (Å²) in [5, 5.41) is 11.4. The molecular formula is C12H10N6OS2. The van der Waals surface area contributed by atoms with Crippen LogP contribution in [0.1, 0.15) is 15.5 Å². The summed E-state index contributed by atoms with van der Waals surface area (Å²) < 4.78 is 2.00. The summed E-state index contributed by atoms with van der Waals surface area (Å²) in [5.74, 6) is 0.680. The number of amides is 1. The van der Waals surface area contributed by atoms with Gasteiger partial charge in [-0.25, -0.2) is 9.97 Å². The first kappa shape index (κ1) is 12.5. The molecule has 4 heterocycles. The smallest absolute Gasteiger partial charge is 0.261 e. The summed E-state index contributed by atoms with van der Waals surface area (Å²) in [5.41, 5.74) is 0.983. The molecule has 21 heavy (non-hydrogen) atoms. The van der Waals surface area contributed by atoms with Gasteiger partial charge in [0.05, 0.1) is 10.4 Å². The molecule has 0 saturated carbocycles. The average Bonchev–Trinajstić information content (AvgIpc) is 3.19. The Hall–Kier alpha value is -2.26. The Morgan fingerprint density at radius 3 is 3.29 bits per heavy atom. The Balaban J connectivity index is 1.49. The van der Waals surface area contributed by atoms with E-state index in [0.29, 0.717) is 17.8 Å². The highest BCUT2D eigenvalue weighted by Crippen LogP contribution is 2.28. The first-order valence-electron chi connectivity index (χ1n) is 6.29. The topological polar surface area (TPSA) is 88.0 Å². The van der Waals surface area contributed by atoms with Gasteiger partial charge in [-0.3, -0.25) is 14.3 Å². The third kappa shape index (κ3) is 2.20. The number of rotatable bonds is 4. The molecule has 0 aliphatic carbocycles. The number of nitrogens with one attached hydrogen (secondary N) is 2. The van der Waals surface area contributed by atoms with Crippen molar-refractivity contribution in [3.05, 3.63) is 34.7 Å². The van der Waals surface area contributed by atoms with Crippen LogP contribution in [0, 0.1) is 0 Å². The van der Waals surface area contributed by atoms with E-state index in [1.807, 2.05) is 22.0 Å². The van der Waals surface area contributed by atoms with E-state index in [-0.39, 0.29) is 5.91 Å². The van der Waals surface area contributed by atoms with Gasteiger partial charge in [-0.15, -0.1) is 22.7 Å². The van der Waals surface area contributed by atoms with Gasteiger partial charge in [0.15, 0.2) is 4.96 Å². The number of carbonyl (C=O) groups is 1. The van der Waals surface area contributed by atoms with Crippen LogP contribution in [0.2, 0.25) is 0 Å². The molecule has 4 aromatic heterocycles. The molecule has 0 atom stereocenters. The molecule has 9 heteroatoms. The van der Waals surface area contributed by atoms with Crippen LogP contribution >= 0.6 is 22.7 Å². The van der Waals surface area contributed by atoms with E-state index in [4.69, 9.17) is 0 Å². The van der Waals surface area contributed by atoms with Gasteiger partial charge < -0.3 is 5.32 Å². The molecule has 0 fully saturated rings. The molecule has 0 aliphatic rings. The molecule has 0 aromatic carbocycles. The van der Waals surface area contributed by atoms with Gasteiger partial charge in [0.1, 0.15) is 17.0 Å². The number of H-pyrrole nitrogens is 1. The third-order valence-electron chi connectivity index (χ3n) is 3.08. The van der Waals surface area contributed by atoms with Crippen LogP contribution in [0.5, 0.6) is 0 Å². The number of carbonyl (C=O) groups excluding carboxylic acids is 1. The van der Waals surface area contributed by atoms with E-state index < -0.39 is 0 Å². The predicted molar refractivity (Wildman–Crippen MR) is 80.9 cm³/mol. The van der Waals surface area contributed by atoms with Crippen molar-refractivity contribution in [1.82, 2.24) is 29.9 Å². The Morgan fingerprint density at radius 2 is 2.43 bits per heavy atom. The quantitative estimate of drug-likeness (QED) is 0.599. The summed E-state index contributed by atoms with van der Waals surface area (Å²) in [4.78, 5) is 23.2. The number of hydrogen-bond acceptors (Lipinski definition) is 6. The monoisotopic (exact) mass is 318 g/mol. The molecule has 0 saturated heterocycles. The Bertz CT molecular complexity index is 903. The minimum absolute atomic E-state index is 0.0819. The zero-order valence-electron chi connectivity index (χ0n) is 10.7. The van der Waals surface area contributed by atoms with Gasteiger partial charge in [-0.1, -0.05) is 0 Å². The Morgan fingerprint density at radius 1 is 1.48 bits per heavy atom. The number of aromatic amines is 1. The van der Waals surface area contributed by atoms with Crippen LogP contribution in [-0.2, 0) is 6.42 Å². The van der Waals surface area contributed by atoms with Crippen LogP contribution in [0.15, 0.2) is 24.0 Å². The van der Waals surface area contributed by atoms with E-state index in [2.05, 4.69) is 25.5 Å². The number of fused-ring (bicyclic) bond motifs is 3. The lowest BCUT2D eigenvalue weighted by Crippen LogP contribution is -2.25. The van der Waals surface area contributed by atoms with Crippen LogP contribution in [-0.4, -0.2) is 37.0 Å². The van der Waals surface area contributed by atoms with Crippen molar-refractivity contribution in [2.45, 2.75) is 6.42 Å². The lowest BCUT2D eigenvalue weighted by Gasteiger charge is -2.00. The number of thiazole rings is 1. The molecular weight excluding hydrogens is 308 g/mol. The second-order valence-electron chi connectivity index (χ2n) is 4.41. The summed E-state index contributed by atoms with van der Waals surface area (Å²) in [6.07, 6.45) is 4.05. The highest BCUT2D eigenvalue weighted by atomic mass is 32.1. The summed E-state index contributed by atoms with van der Waals surface area (Å²) in [6.45, 7) is 0.518. The largest absolute Gasteiger partial charge is 0.351 e. The molecule has 0 aliphatic heterocycles. The van der Waals surface area contributed by atoms with E-state index in [0.717, 1.165) is 21.1 Å². The number of imidazole rings is 1. The van der Waals surface area contributed by atoms with Gasteiger partial charge in [0, 0.05) is 24.5 Å². The molecule has 2 N–H and O–H groups in total. The number of hydrogen-bond donors (Lipinski definition) is 2. The molecule has 0 radical (unpaired) electrons. The zero-order chi connectivity index (χ0) is 14.2. The lowest BCUT2D eigenvalue weighted by atomic mass is 10.3. The van der Waals surface area contributed by atoms with Crippen molar-refractivity contribution in [3.8, 4) is 0 Å². The van der Waals surface area contributed by atoms with Crippen molar-refractivity contribution in [3.63, 3.8) is 0 Å². The fourth-order valence-corrected chi connectivity index (χ4v) is 3.81. The molecule has 4 aromatic rings. The normalized spacial score (nSPS) is 11.4. The lowest BCUT2D eigenvalue weighted by molar-refractivity contribution is 0.0958. The molecule has 0 spiro atoms. The SMILES string of the molecule is O=C(NCCc1ncn[nH]1)c1cc2c(nc3sccn32)s1. The second kappa shape index (κ2) is 4.93.